The number of aromatic nitrogens is 3. The molecule has 6 heteroatoms. The maximum Gasteiger partial charge on any atom is 0.255 e. The predicted octanol–water partition coefficient (Wildman–Crippen LogP) is 4.24. The van der Waals surface area contributed by atoms with E-state index in [4.69, 9.17) is 4.74 Å². The van der Waals surface area contributed by atoms with Crippen LogP contribution in [-0.2, 0) is 6.42 Å². The molecule has 1 aromatic heterocycles. The predicted molar refractivity (Wildman–Crippen MR) is 109 cm³/mol. The van der Waals surface area contributed by atoms with E-state index < -0.39 is 0 Å². The van der Waals surface area contributed by atoms with Gasteiger partial charge in [0.05, 0.1) is 12.8 Å². The highest BCUT2D eigenvalue weighted by molar-refractivity contribution is 6.04. The Labute approximate surface area is 162 Å². The van der Waals surface area contributed by atoms with Crippen LogP contribution in [0.15, 0.2) is 66.7 Å². The standard InChI is InChI=1S/C22H20N4O2/c1-3-15-4-6-16(7-5-15)22(27)23-17-8-13-20-21(14-17)25-26(24-20)18-9-11-19(28-2)12-10-18/h4-14H,3H2,1-2H3,(H,23,27). The molecule has 0 unspecified atom stereocenters. The smallest absolute Gasteiger partial charge is 0.255 e. The number of benzene rings is 3. The number of hydrogen-bond donors (Lipinski definition) is 1. The minimum absolute atomic E-state index is 0.149. The minimum Gasteiger partial charge on any atom is -0.497 e. The summed E-state index contributed by atoms with van der Waals surface area (Å²) in [6, 6.07) is 20.6. The summed E-state index contributed by atoms with van der Waals surface area (Å²) in [6.07, 6.45) is 0.947. The maximum atomic E-state index is 12.5. The van der Waals surface area contributed by atoms with Gasteiger partial charge in [0.25, 0.3) is 5.91 Å². The third-order valence-electron chi connectivity index (χ3n) is 4.57. The zero-order chi connectivity index (χ0) is 19.5. The quantitative estimate of drug-likeness (QED) is 0.569. The van der Waals surface area contributed by atoms with Gasteiger partial charge >= 0.3 is 0 Å². The second-order valence-corrected chi connectivity index (χ2v) is 6.40. The number of carbonyl (C=O) groups is 1. The average Bonchev–Trinajstić information content (AvgIpc) is 3.17. The lowest BCUT2D eigenvalue weighted by atomic mass is 10.1. The molecule has 0 saturated carbocycles. The van der Waals surface area contributed by atoms with Gasteiger partial charge in [-0.3, -0.25) is 4.79 Å². The van der Waals surface area contributed by atoms with E-state index in [2.05, 4.69) is 22.4 Å². The molecule has 28 heavy (non-hydrogen) atoms. The van der Waals surface area contributed by atoms with Crippen molar-refractivity contribution in [1.82, 2.24) is 15.0 Å². The number of hydrogen-bond acceptors (Lipinski definition) is 4. The molecule has 4 rings (SSSR count). The third kappa shape index (κ3) is 3.57. The summed E-state index contributed by atoms with van der Waals surface area (Å²) in [6.45, 7) is 2.09. The Morgan fingerprint density at radius 2 is 1.68 bits per heavy atom. The first-order valence-electron chi connectivity index (χ1n) is 9.08. The van der Waals surface area contributed by atoms with Gasteiger partial charge in [0, 0.05) is 11.3 Å². The van der Waals surface area contributed by atoms with Gasteiger partial charge in [-0.15, -0.1) is 10.2 Å². The lowest BCUT2D eigenvalue weighted by molar-refractivity contribution is 0.102. The van der Waals surface area contributed by atoms with Gasteiger partial charge in [-0.25, -0.2) is 0 Å². The topological polar surface area (TPSA) is 69.0 Å². The lowest BCUT2D eigenvalue weighted by Crippen LogP contribution is -2.11. The van der Waals surface area contributed by atoms with E-state index in [0.717, 1.165) is 23.4 Å². The molecule has 3 aromatic carbocycles. The van der Waals surface area contributed by atoms with Crippen LogP contribution in [-0.4, -0.2) is 28.0 Å². The van der Waals surface area contributed by atoms with Gasteiger partial charge in [0.2, 0.25) is 0 Å². The monoisotopic (exact) mass is 372 g/mol. The third-order valence-corrected chi connectivity index (χ3v) is 4.57. The number of nitrogens with one attached hydrogen (secondary N) is 1. The van der Waals surface area contributed by atoms with Crippen LogP contribution in [0.2, 0.25) is 0 Å². The zero-order valence-corrected chi connectivity index (χ0v) is 15.7. The van der Waals surface area contributed by atoms with Crippen LogP contribution < -0.4 is 10.1 Å². The SMILES string of the molecule is CCc1ccc(C(=O)Nc2ccc3nn(-c4ccc(OC)cc4)nc3c2)cc1. The molecule has 0 bridgehead atoms. The second kappa shape index (κ2) is 7.52. The fourth-order valence-electron chi connectivity index (χ4n) is 2.92. The van der Waals surface area contributed by atoms with Crippen molar-refractivity contribution < 1.29 is 9.53 Å². The van der Waals surface area contributed by atoms with Crippen molar-refractivity contribution >= 4 is 22.6 Å². The first-order valence-corrected chi connectivity index (χ1v) is 9.08. The highest BCUT2D eigenvalue weighted by atomic mass is 16.5. The number of carbonyl (C=O) groups excluding carboxylic acids is 1. The van der Waals surface area contributed by atoms with Crippen molar-refractivity contribution in [3.05, 3.63) is 77.9 Å². The Balaban J connectivity index is 1.56. The molecule has 0 saturated heterocycles. The van der Waals surface area contributed by atoms with Gasteiger partial charge in [0.15, 0.2) is 0 Å². The molecule has 1 amide bonds. The number of methoxy groups -OCH3 is 1. The van der Waals surface area contributed by atoms with E-state index in [1.807, 2.05) is 66.7 Å². The van der Waals surface area contributed by atoms with Crippen LogP contribution in [0.25, 0.3) is 16.7 Å². The number of fused-ring (bicyclic) bond motifs is 1. The van der Waals surface area contributed by atoms with E-state index in [-0.39, 0.29) is 5.91 Å². The van der Waals surface area contributed by atoms with Crippen LogP contribution >= 0.6 is 0 Å². The molecule has 0 radical (unpaired) electrons. The number of rotatable bonds is 5. The molecule has 1 N–H and O–H groups in total. The number of ether oxygens (including phenoxy) is 1. The summed E-state index contributed by atoms with van der Waals surface area (Å²) < 4.78 is 5.18. The van der Waals surface area contributed by atoms with Gasteiger partial charge < -0.3 is 10.1 Å². The molecule has 0 fully saturated rings. The van der Waals surface area contributed by atoms with Gasteiger partial charge in [-0.1, -0.05) is 19.1 Å². The van der Waals surface area contributed by atoms with Crippen molar-refractivity contribution in [2.45, 2.75) is 13.3 Å². The molecule has 0 aliphatic rings. The summed E-state index contributed by atoms with van der Waals surface area (Å²) in [5.41, 5.74) is 4.79. The summed E-state index contributed by atoms with van der Waals surface area (Å²) in [5.74, 6) is 0.627. The van der Waals surface area contributed by atoms with Crippen molar-refractivity contribution in [2.24, 2.45) is 0 Å². The molecule has 0 spiro atoms. The largest absolute Gasteiger partial charge is 0.497 e. The van der Waals surface area contributed by atoms with Crippen LogP contribution in [0.5, 0.6) is 5.75 Å². The van der Waals surface area contributed by atoms with E-state index in [9.17, 15) is 4.79 Å². The Morgan fingerprint density at radius 3 is 2.36 bits per heavy atom. The fraction of sp³-hybridized carbons (Fsp3) is 0.136. The van der Waals surface area contributed by atoms with E-state index in [1.54, 1.807) is 11.9 Å². The molecule has 0 aliphatic heterocycles. The first-order chi connectivity index (χ1) is 13.7. The highest BCUT2D eigenvalue weighted by Gasteiger charge is 2.09. The second-order valence-electron chi connectivity index (χ2n) is 6.40. The number of nitrogens with zero attached hydrogens (tertiary/aromatic N) is 3. The highest BCUT2D eigenvalue weighted by Crippen LogP contribution is 2.19. The first kappa shape index (κ1) is 17.7. The van der Waals surface area contributed by atoms with Crippen LogP contribution in [0.4, 0.5) is 5.69 Å². The molecule has 140 valence electrons. The van der Waals surface area contributed by atoms with E-state index >= 15 is 0 Å². The van der Waals surface area contributed by atoms with Gasteiger partial charge in [-0.05, 0) is 66.6 Å². The van der Waals surface area contributed by atoms with Crippen molar-refractivity contribution in [3.63, 3.8) is 0 Å². The summed E-state index contributed by atoms with van der Waals surface area (Å²) in [5, 5.41) is 11.9. The Bertz CT molecular complexity index is 1120. The van der Waals surface area contributed by atoms with Crippen LogP contribution in [0, 0.1) is 0 Å². The van der Waals surface area contributed by atoms with Crippen molar-refractivity contribution in [3.8, 4) is 11.4 Å². The maximum absolute atomic E-state index is 12.5. The molecular formula is C22H20N4O2. The fourth-order valence-corrected chi connectivity index (χ4v) is 2.92. The number of aryl methyl sites for hydroxylation is 1. The summed E-state index contributed by atoms with van der Waals surface area (Å²) in [7, 11) is 1.63. The lowest BCUT2D eigenvalue weighted by Gasteiger charge is -2.05. The van der Waals surface area contributed by atoms with E-state index in [1.165, 1.54) is 5.56 Å². The summed E-state index contributed by atoms with van der Waals surface area (Å²) in [4.78, 5) is 14.0. The molecule has 0 atom stereocenters. The molecular weight excluding hydrogens is 352 g/mol. The Morgan fingerprint density at radius 1 is 0.964 bits per heavy atom. The number of anilines is 1. The van der Waals surface area contributed by atoms with Gasteiger partial charge in [-0.2, -0.15) is 4.80 Å². The van der Waals surface area contributed by atoms with E-state index in [0.29, 0.717) is 16.8 Å². The Hall–Kier alpha value is -3.67. The van der Waals surface area contributed by atoms with Crippen LogP contribution in [0.1, 0.15) is 22.8 Å². The zero-order valence-electron chi connectivity index (χ0n) is 15.7. The molecule has 6 nitrogen and oxygen atoms in total. The molecule has 1 heterocycles. The average molecular weight is 372 g/mol. The van der Waals surface area contributed by atoms with Gasteiger partial charge in [0.1, 0.15) is 16.8 Å². The Kier molecular flexibility index (Phi) is 4.76. The normalized spacial score (nSPS) is 10.8. The minimum atomic E-state index is -0.149. The number of amides is 1. The molecule has 0 aliphatic carbocycles. The summed E-state index contributed by atoms with van der Waals surface area (Å²) >= 11 is 0. The van der Waals surface area contributed by atoms with Crippen LogP contribution in [0.3, 0.4) is 0 Å². The van der Waals surface area contributed by atoms with Crippen molar-refractivity contribution in [1.29, 1.82) is 0 Å². The molecule has 4 aromatic rings. The van der Waals surface area contributed by atoms with Crippen molar-refractivity contribution in [2.75, 3.05) is 12.4 Å².